The Morgan fingerprint density at radius 2 is 2.13 bits per heavy atom. The number of hydrogen-bond acceptors (Lipinski definition) is 3. The fourth-order valence-electron chi connectivity index (χ4n) is 1.93. The summed E-state index contributed by atoms with van der Waals surface area (Å²) in [6, 6.07) is -0.116. The molecule has 5 heteroatoms. The Kier molecular flexibility index (Phi) is 3.21. The van der Waals surface area contributed by atoms with E-state index >= 15 is 0 Å². The van der Waals surface area contributed by atoms with Crippen molar-refractivity contribution in [1.29, 1.82) is 0 Å². The lowest BCUT2D eigenvalue weighted by Crippen LogP contribution is -2.51. The number of amides is 1. The molecule has 1 unspecified atom stereocenters. The van der Waals surface area contributed by atoms with Crippen LogP contribution in [0.25, 0.3) is 0 Å². The summed E-state index contributed by atoms with van der Waals surface area (Å²) in [6.45, 7) is 6.40. The molecule has 0 aromatic rings. The Labute approximate surface area is 89.4 Å². The van der Waals surface area contributed by atoms with Crippen LogP contribution in [0.1, 0.15) is 33.6 Å². The lowest BCUT2D eigenvalue weighted by molar-refractivity contribution is 0.0794. The Morgan fingerprint density at radius 1 is 1.53 bits per heavy atom. The summed E-state index contributed by atoms with van der Waals surface area (Å²) in [5, 5.41) is 21.0. The molecule has 1 fully saturated rings. The highest BCUT2D eigenvalue weighted by atomic mass is 16.4. The van der Waals surface area contributed by atoms with E-state index in [1.54, 1.807) is 0 Å². The fraction of sp³-hybridized carbons (Fsp3) is 0.800. The molecule has 2 N–H and O–H groups in total. The second kappa shape index (κ2) is 4.08. The van der Waals surface area contributed by atoms with Crippen molar-refractivity contribution in [2.45, 2.75) is 39.7 Å². The van der Waals surface area contributed by atoms with E-state index in [0.29, 0.717) is 25.1 Å². The minimum Gasteiger partial charge on any atom is -0.465 e. The topological polar surface area (TPSA) is 73.1 Å². The number of carboxylic acid groups (broad SMARTS) is 1. The first-order valence-electron chi connectivity index (χ1n) is 5.05. The van der Waals surface area contributed by atoms with Crippen molar-refractivity contribution >= 4 is 11.8 Å². The molecule has 1 heterocycles. The van der Waals surface area contributed by atoms with E-state index < -0.39 is 6.09 Å². The van der Waals surface area contributed by atoms with Gasteiger partial charge in [0.1, 0.15) is 0 Å². The zero-order chi connectivity index (χ0) is 11.6. The summed E-state index contributed by atoms with van der Waals surface area (Å²) in [7, 11) is 0. The van der Waals surface area contributed by atoms with Gasteiger partial charge in [0.15, 0.2) is 0 Å². The molecule has 5 nitrogen and oxygen atoms in total. The Morgan fingerprint density at radius 3 is 2.53 bits per heavy atom. The molecule has 0 bridgehead atoms. The Hall–Kier alpha value is -1.26. The Balaban J connectivity index is 2.88. The Bertz CT molecular complexity index is 281. The molecule has 0 radical (unpaired) electrons. The molecule has 0 saturated carbocycles. The van der Waals surface area contributed by atoms with Gasteiger partial charge in [-0.05, 0) is 5.41 Å². The van der Waals surface area contributed by atoms with Crippen LogP contribution in [0.15, 0.2) is 5.16 Å². The molecule has 0 aromatic carbocycles. The van der Waals surface area contributed by atoms with Crippen molar-refractivity contribution in [1.82, 2.24) is 4.90 Å². The van der Waals surface area contributed by atoms with E-state index in [-0.39, 0.29) is 11.5 Å². The van der Waals surface area contributed by atoms with Crippen LogP contribution in [0, 0.1) is 5.41 Å². The maximum absolute atomic E-state index is 11.0. The minimum absolute atomic E-state index is 0.116. The molecule has 1 amide bonds. The maximum Gasteiger partial charge on any atom is 0.407 e. The normalized spacial score (nSPS) is 25.7. The van der Waals surface area contributed by atoms with Crippen LogP contribution < -0.4 is 0 Å². The van der Waals surface area contributed by atoms with E-state index in [4.69, 9.17) is 10.3 Å². The minimum atomic E-state index is -0.896. The van der Waals surface area contributed by atoms with Crippen LogP contribution in [0.4, 0.5) is 4.79 Å². The average molecular weight is 214 g/mol. The van der Waals surface area contributed by atoms with E-state index in [1.807, 2.05) is 20.8 Å². The molecular formula is C10H18N2O3. The van der Waals surface area contributed by atoms with E-state index in [2.05, 4.69) is 5.16 Å². The molecule has 0 aliphatic carbocycles. The molecule has 0 aromatic heterocycles. The van der Waals surface area contributed by atoms with Crippen molar-refractivity contribution in [3.05, 3.63) is 0 Å². The van der Waals surface area contributed by atoms with Crippen LogP contribution in [-0.2, 0) is 0 Å². The van der Waals surface area contributed by atoms with E-state index in [1.165, 1.54) is 4.90 Å². The van der Waals surface area contributed by atoms with Crippen molar-refractivity contribution in [2.75, 3.05) is 6.54 Å². The molecule has 15 heavy (non-hydrogen) atoms. The monoisotopic (exact) mass is 214 g/mol. The van der Waals surface area contributed by atoms with Crippen LogP contribution in [-0.4, -0.2) is 39.6 Å². The summed E-state index contributed by atoms with van der Waals surface area (Å²) in [4.78, 5) is 12.5. The van der Waals surface area contributed by atoms with Gasteiger partial charge < -0.3 is 15.2 Å². The van der Waals surface area contributed by atoms with Gasteiger partial charge in [-0.15, -0.1) is 0 Å². The maximum atomic E-state index is 11.0. The third-order valence-corrected chi connectivity index (χ3v) is 2.83. The van der Waals surface area contributed by atoms with Gasteiger partial charge >= 0.3 is 6.09 Å². The summed E-state index contributed by atoms with van der Waals surface area (Å²) >= 11 is 0. The quantitative estimate of drug-likeness (QED) is 0.478. The highest BCUT2D eigenvalue weighted by Gasteiger charge is 2.37. The van der Waals surface area contributed by atoms with Crippen molar-refractivity contribution in [3.63, 3.8) is 0 Å². The highest BCUT2D eigenvalue weighted by molar-refractivity contribution is 5.86. The number of rotatable bonds is 0. The predicted molar refractivity (Wildman–Crippen MR) is 56.4 cm³/mol. The van der Waals surface area contributed by atoms with Gasteiger partial charge in [-0.3, -0.25) is 0 Å². The summed E-state index contributed by atoms with van der Waals surface area (Å²) in [6.07, 6.45) is 0.147. The van der Waals surface area contributed by atoms with Crippen molar-refractivity contribution < 1.29 is 15.1 Å². The van der Waals surface area contributed by atoms with Gasteiger partial charge in [-0.2, -0.15) is 0 Å². The molecule has 1 saturated heterocycles. The first-order chi connectivity index (χ1) is 6.86. The average Bonchev–Trinajstić information content (AvgIpc) is 2.15. The van der Waals surface area contributed by atoms with Crippen LogP contribution >= 0.6 is 0 Å². The fourth-order valence-corrected chi connectivity index (χ4v) is 1.93. The smallest absolute Gasteiger partial charge is 0.407 e. The second-order valence-corrected chi connectivity index (χ2v) is 4.98. The molecule has 1 aliphatic rings. The van der Waals surface area contributed by atoms with Gasteiger partial charge in [-0.25, -0.2) is 4.79 Å². The zero-order valence-electron chi connectivity index (χ0n) is 9.40. The molecular weight excluding hydrogens is 196 g/mol. The van der Waals surface area contributed by atoms with E-state index in [0.717, 1.165) is 0 Å². The first-order valence-corrected chi connectivity index (χ1v) is 5.05. The molecule has 86 valence electrons. The van der Waals surface area contributed by atoms with Crippen LogP contribution in [0.2, 0.25) is 0 Å². The zero-order valence-corrected chi connectivity index (χ0v) is 9.40. The second-order valence-electron chi connectivity index (χ2n) is 4.98. The van der Waals surface area contributed by atoms with E-state index in [9.17, 15) is 4.79 Å². The highest BCUT2D eigenvalue weighted by Crippen LogP contribution is 2.30. The molecule has 1 atom stereocenters. The number of piperidine rings is 1. The third kappa shape index (κ3) is 2.61. The standard InChI is InChI=1S/C10H18N2O3/c1-10(2,3)8-6-7(11-15)4-5-12(8)9(13)14/h8,15H,4-6H2,1-3H3,(H,13,14). The van der Waals surface area contributed by atoms with Crippen molar-refractivity contribution in [2.24, 2.45) is 10.6 Å². The van der Waals surface area contributed by atoms with Gasteiger partial charge in [0.05, 0.1) is 5.71 Å². The number of oxime groups is 1. The number of carbonyl (C=O) groups is 1. The van der Waals surface area contributed by atoms with Crippen LogP contribution in [0.3, 0.4) is 0 Å². The SMILES string of the molecule is CC(C)(C)C1CC(=NO)CCN1C(=O)O. The lowest BCUT2D eigenvalue weighted by atomic mass is 9.80. The first kappa shape index (κ1) is 11.8. The lowest BCUT2D eigenvalue weighted by Gasteiger charge is -2.41. The van der Waals surface area contributed by atoms with Gasteiger partial charge in [0.2, 0.25) is 0 Å². The number of likely N-dealkylation sites (tertiary alicyclic amines) is 1. The third-order valence-electron chi connectivity index (χ3n) is 2.83. The molecule has 1 rings (SSSR count). The summed E-state index contributed by atoms with van der Waals surface area (Å²) in [5.74, 6) is 0. The number of hydrogen-bond donors (Lipinski definition) is 2. The predicted octanol–water partition coefficient (Wildman–Crippen LogP) is 2.01. The summed E-state index contributed by atoms with van der Waals surface area (Å²) < 4.78 is 0. The number of nitrogens with zero attached hydrogens (tertiary/aromatic N) is 2. The van der Waals surface area contributed by atoms with Gasteiger partial charge in [-0.1, -0.05) is 25.9 Å². The largest absolute Gasteiger partial charge is 0.465 e. The van der Waals surface area contributed by atoms with Crippen molar-refractivity contribution in [3.8, 4) is 0 Å². The molecule has 0 spiro atoms. The summed E-state index contributed by atoms with van der Waals surface area (Å²) in [5.41, 5.74) is 0.543. The van der Waals surface area contributed by atoms with Gasteiger partial charge in [0, 0.05) is 25.4 Å². The van der Waals surface area contributed by atoms with Gasteiger partial charge in [0.25, 0.3) is 0 Å². The molecule has 1 aliphatic heterocycles. The van der Waals surface area contributed by atoms with Crippen LogP contribution in [0.5, 0.6) is 0 Å².